The minimum Gasteiger partial charge on any atom is -0.452 e. The molecule has 0 saturated carbocycles. The number of nitrogens with one attached hydrogen (secondary N) is 2. The normalized spacial score (nSPS) is 11.0. The molecule has 3 aromatic carbocycles. The van der Waals surface area contributed by atoms with Crippen molar-refractivity contribution in [2.75, 3.05) is 16.6 Å². The minimum absolute atomic E-state index is 0.0210. The molecule has 0 unspecified atom stereocenters. The summed E-state index contributed by atoms with van der Waals surface area (Å²) >= 11 is 0. The van der Waals surface area contributed by atoms with Crippen molar-refractivity contribution in [1.29, 1.82) is 0 Å². The molecule has 0 spiro atoms. The molecule has 1 amide bonds. The van der Waals surface area contributed by atoms with E-state index >= 15 is 0 Å². The fourth-order valence-electron chi connectivity index (χ4n) is 3.07. The topological polar surface area (TPSA) is 102 Å². The van der Waals surface area contributed by atoms with Crippen LogP contribution in [0.2, 0.25) is 0 Å². The quantitative estimate of drug-likeness (QED) is 0.404. The number of benzene rings is 3. The molecule has 0 heterocycles. The number of ether oxygens (including phenoxy) is 1. The maximum absolute atomic E-state index is 12.9. The monoisotopic (exact) mass is 484 g/mol. The van der Waals surface area contributed by atoms with Gasteiger partial charge in [-0.1, -0.05) is 31.5 Å². The molecule has 34 heavy (non-hydrogen) atoms. The van der Waals surface area contributed by atoms with Crippen LogP contribution in [-0.4, -0.2) is 26.9 Å². The van der Waals surface area contributed by atoms with Crippen LogP contribution in [0.3, 0.4) is 0 Å². The van der Waals surface area contributed by atoms with Gasteiger partial charge in [0, 0.05) is 11.4 Å². The molecule has 2 N–H and O–H groups in total. The lowest BCUT2D eigenvalue weighted by molar-refractivity contribution is -0.119. The van der Waals surface area contributed by atoms with E-state index in [2.05, 4.69) is 17.0 Å². The number of anilines is 2. The zero-order valence-electron chi connectivity index (χ0n) is 18.6. The van der Waals surface area contributed by atoms with E-state index in [0.717, 1.165) is 24.8 Å². The Kier molecular flexibility index (Phi) is 8.37. The Morgan fingerprint density at radius 3 is 2.29 bits per heavy atom. The standard InChI is InChI=1S/C25H25FN2O5S/c1-2-3-5-18-8-12-22(13-9-18)28-34(31,32)23-7-4-6-19(16-23)25(30)33-17-24(29)27-21-14-10-20(26)11-15-21/h4,6-16,28H,2-3,5,17H2,1H3,(H,27,29). The molecule has 3 rings (SSSR count). The Hall–Kier alpha value is -3.72. The average Bonchev–Trinajstić information content (AvgIpc) is 2.83. The first-order valence-electron chi connectivity index (χ1n) is 10.7. The van der Waals surface area contributed by atoms with Crippen LogP contribution < -0.4 is 10.0 Å². The van der Waals surface area contributed by atoms with Gasteiger partial charge in [0.05, 0.1) is 10.5 Å². The number of hydrogen-bond acceptors (Lipinski definition) is 5. The van der Waals surface area contributed by atoms with Gasteiger partial charge in [-0.25, -0.2) is 17.6 Å². The lowest BCUT2D eigenvalue weighted by Gasteiger charge is -2.10. The van der Waals surface area contributed by atoms with E-state index in [1.54, 1.807) is 12.1 Å². The third-order valence-corrected chi connectivity index (χ3v) is 6.25. The molecule has 3 aromatic rings. The molecule has 7 nitrogen and oxygen atoms in total. The molecule has 9 heteroatoms. The first-order chi connectivity index (χ1) is 16.3. The van der Waals surface area contributed by atoms with Crippen molar-refractivity contribution in [3.63, 3.8) is 0 Å². The number of rotatable bonds is 10. The number of carbonyl (C=O) groups excluding carboxylic acids is 2. The second-order valence-electron chi connectivity index (χ2n) is 7.57. The number of esters is 1. The maximum Gasteiger partial charge on any atom is 0.338 e. The molecular weight excluding hydrogens is 459 g/mol. The highest BCUT2D eigenvalue weighted by atomic mass is 32.2. The number of hydrogen-bond donors (Lipinski definition) is 2. The largest absolute Gasteiger partial charge is 0.452 e. The van der Waals surface area contributed by atoms with Crippen LogP contribution in [0.4, 0.5) is 15.8 Å². The van der Waals surface area contributed by atoms with Gasteiger partial charge in [-0.2, -0.15) is 0 Å². The fourth-order valence-corrected chi connectivity index (χ4v) is 4.17. The summed E-state index contributed by atoms with van der Waals surface area (Å²) in [5, 5.41) is 2.47. The summed E-state index contributed by atoms with van der Waals surface area (Å²) in [6, 6.07) is 17.6. The third-order valence-electron chi connectivity index (χ3n) is 4.87. The van der Waals surface area contributed by atoms with Gasteiger partial charge in [0.2, 0.25) is 0 Å². The van der Waals surface area contributed by atoms with Crippen LogP contribution in [0.15, 0.2) is 77.7 Å². The Labute approximate surface area is 198 Å². The molecule has 178 valence electrons. The molecule has 0 radical (unpaired) electrons. The molecule has 0 aromatic heterocycles. The van der Waals surface area contributed by atoms with Gasteiger partial charge in [0.1, 0.15) is 5.82 Å². The number of carbonyl (C=O) groups is 2. The van der Waals surface area contributed by atoms with Crippen LogP contribution in [0, 0.1) is 5.82 Å². The van der Waals surface area contributed by atoms with E-state index in [0.29, 0.717) is 11.4 Å². The minimum atomic E-state index is -3.94. The second-order valence-corrected chi connectivity index (χ2v) is 9.25. The summed E-state index contributed by atoms with van der Waals surface area (Å²) in [5.41, 5.74) is 1.86. The molecular formula is C25H25FN2O5S. The number of aryl methyl sites for hydroxylation is 1. The van der Waals surface area contributed by atoms with E-state index in [1.165, 1.54) is 48.5 Å². The van der Waals surface area contributed by atoms with E-state index in [9.17, 15) is 22.4 Å². The fraction of sp³-hybridized carbons (Fsp3) is 0.200. The van der Waals surface area contributed by atoms with Crippen LogP contribution in [-0.2, 0) is 26.0 Å². The lowest BCUT2D eigenvalue weighted by atomic mass is 10.1. The van der Waals surface area contributed by atoms with Gasteiger partial charge in [-0.15, -0.1) is 0 Å². The van der Waals surface area contributed by atoms with E-state index in [-0.39, 0.29) is 10.5 Å². The Balaban J connectivity index is 1.60. The molecule has 0 aliphatic rings. The van der Waals surface area contributed by atoms with Crippen molar-refractivity contribution in [1.82, 2.24) is 0 Å². The first-order valence-corrected chi connectivity index (χ1v) is 12.2. The smallest absolute Gasteiger partial charge is 0.338 e. The Morgan fingerprint density at radius 2 is 1.62 bits per heavy atom. The van der Waals surface area contributed by atoms with E-state index in [4.69, 9.17) is 4.74 Å². The lowest BCUT2D eigenvalue weighted by Crippen LogP contribution is -2.21. The van der Waals surface area contributed by atoms with E-state index < -0.39 is 34.3 Å². The summed E-state index contributed by atoms with van der Waals surface area (Å²) in [6.45, 7) is 1.52. The van der Waals surface area contributed by atoms with Gasteiger partial charge < -0.3 is 10.1 Å². The highest BCUT2D eigenvalue weighted by molar-refractivity contribution is 7.92. The Bertz CT molecular complexity index is 1240. The van der Waals surface area contributed by atoms with Crippen molar-refractivity contribution in [2.24, 2.45) is 0 Å². The predicted molar refractivity (Wildman–Crippen MR) is 128 cm³/mol. The molecule has 0 aliphatic heterocycles. The number of amides is 1. The third kappa shape index (κ3) is 7.14. The van der Waals surface area contributed by atoms with Crippen molar-refractivity contribution >= 4 is 33.3 Å². The van der Waals surface area contributed by atoms with Crippen LogP contribution in [0.1, 0.15) is 35.7 Å². The molecule has 0 bridgehead atoms. The van der Waals surface area contributed by atoms with E-state index in [1.807, 2.05) is 12.1 Å². The summed E-state index contributed by atoms with van der Waals surface area (Å²) in [6.07, 6.45) is 3.06. The zero-order valence-corrected chi connectivity index (χ0v) is 19.4. The highest BCUT2D eigenvalue weighted by Crippen LogP contribution is 2.19. The zero-order chi connectivity index (χ0) is 24.6. The highest BCUT2D eigenvalue weighted by Gasteiger charge is 2.18. The van der Waals surface area contributed by atoms with Crippen LogP contribution in [0.25, 0.3) is 0 Å². The summed E-state index contributed by atoms with van der Waals surface area (Å²) < 4.78 is 45.9. The molecule has 0 saturated heterocycles. The second kappa shape index (κ2) is 11.4. The van der Waals surface area contributed by atoms with Crippen molar-refractivity contribution < 1.29 is 27.1 Å². The van der Waals surface area contributed by atoms with Crippen LogP contribution in [0.5, 0.6) is 0 Å². The van der Waals surface area contributed by atoms with Gasteiger partial charge in [-0.05, 0) is 73.0 Å². The SMILES string of the molecule is CCCCc1ccc(NS(=O)(=O)c2cccc(C(=O)OCC(=O)Nc3ccc(F)cc3)c2)cc1. The summed E-state index contributed by atoms with van der Waals surface area (Å²) in [5.74, 6) is -1.92. The van der Waals surface area contributed by atoms with Crippen molar-refractivity contribution in [3.05, 3.63) is 89.7 Å². The molecule has 0 atom stereocenters. The van der Waals surface area contributed by atoms with Crippen molar-refractivity contribution in [2.45, 2.75) is 31.1 Å². The average molecular weight is 485 g/mol. The summed E-state index contributed by atoms with van der Waals surface area (Å²) in [4.78, 5) is 24.2. The Morgan fingerprint density at radius 1 is 0.941 bits per heavy atom. The van der Waals surface area contributed by atoms with Gasteiger partial charge in [0.25, 0.3) is 15.9 Å². The first kappa shape index (κ1) is 24.9. The van der Waals surface area contributed by atoms with Crippen LogP contribution >= 0.6 is 0 Å². The number of sulfonamides is 1. The number of unbranched alkanes of at least 4 members (excludes halogenated alkanes) is 1. The maximum atomic E-state index is 12.9. The van der Waals surface area contributed by atoms with Gasteiger partial charge in [0.15, 0.2) is 6.61 Å². The van der Waals surface area contributed by atoms with Gasteiger partial charge in [-0.3, -0.25) is 9.52 Å². The van der Waals surface area contributed by atoms with Gasteiger partial charge >= 0.3 is 5.97 Å². The predicted octanol–water partition coefficient (Wildman–Crippen LogP) is 4.76. The molecule has 0 fully saturated rings. The summed E-state index contributed by atoms with van der Waals surface area (Å²) in [7, 11) is -3.94. The van der Waals surface area contributed by atoms with Crippen molar-refractivity contribution in [3.8, 4) is 0 Å². The number of halogens is 1. The molecule has 0 aliphatic carbocycles.